The zero-order chi connectivity index (χ0) is 62.0. The first-order chi connectivity index (χ1) is 38.1. The Kier molecular flexibility index (Phi) is 25.7. The summed E-state index contributed by atoms with van der Waals surface area (Å²) < 4.78 is 21.8. The van der Waals surface area contributed by atoms with Crippen LogP contribution in [0.4, 0.5) is 15.3 Å². The van der Waals surface area contributed by atoms with E-state index in [-0.39, 0.29) is 72.2 Å². The Labute approximate surface area is 485 Å². The van der Waals surface area contributed by atoms with E-state index in [4.69, 9.17) is 10.5 Å². The second-order valence-electron chi connectivity index (χ2n) is 23.9. The van der Waals surface area contributed by atoms with Gasteiger partial charge >= 0.3 is 12.1 Å². The minimum Gasteiger partial charge on any atom is -0.444 e. The first-order valence-corrected chi connectivity index (χ1v) is 28.8. The average Bonchev–Trinajstić information content (AvgIpc) is 3.54. The van der Waals surface area contributed by atoms with Crippen molar-refractivity contribution in [2.24, 2.45) is 23.0 Å². The number of nitrogens with two attached hydrogens (primary N) is 1. The van der Waals surface area contributed by atoms with Crippen molar-refractivity contribution in [3.8, 4) is 0 Å². The summed E-state index contributed by atoms with van der Waals surface area (Å²) in [6.07, 6.45) is 5.17. The Hall–Kier alpha value is -7.43. The minimum absolute atomic E-state index is 0.0633. The van der Waals surface area contributed by atoms with Gasteiger partial charge in [0.15, 0.2) is 11.0 Å². The molecule has 82 heavy (non-hydrogen) atoms. The van der Waals surface area contributed by atoms with E-state index < -0.39 is 105 Å². The van der Waals surface area contributed by atoms with Gasteiger partial charge in [-0.1, -0.05) is 105 Å². The summed E-state index contributed by atoms with van der Waals surface area (Å²) in [5.41, 5.74) is 3.74. The van der Waals surface area contributed by atoms with Gasteiger partial charge < -0.3 is 42.0 Å². The summed E-state index contributed by atoms with van der Waals surface area (Å²) in [4.78, 5) is 136. The summed E-state index contributed by atoms with van der Waals surface area (Å²) in [6.45, 7) is 23.4. The molecule has 23 heteroatoms. The van der Waals surface area contributed by atoms with Crippen LogP contribution in [0.3, 0.4) is 0 Å². The number of imide groups is 1. The number of unbranched alkanes of at least 4 members (excludes halogenated alkanes) is 2. The average molecular weight is 1160 g/mol. The van der Waals surface area contributed by atoms with Crippen molar-refractivity contribution in [2.45, 2.75) is 175 Å². The molecule has 0 spiro atoms. The molecule has 0 aromatic heterocycles. The largest absolute Gasteiger partial charge is 0.444 e. The number of rotatable bonds is 28. The SMILES string of the molecule is C/C(=C\[C@H](C(C)C)N(C)C(=O)[C@@H](NC(=O)[C@@H](N(C)C(=O)OC(C)(C)C)C(C)(C)c1ccccc1)C(C)(C)C)C(=O)NS(=O)c1ccc(NC(=O)[C@H](CCCNC(N)=O)NC(=O)[C@@H](NC(=O)CCCCCN2C(=O)C=CC2=O)C(C)C)cc1. The highest BCUT2D eigenvalue weighted by molar-refractivity contribution is 7.83. The van der Waals surface area contributed by atoms with E-state index >= 15 is 0 Å². The molecule has 0 saturated heterocycles. The predicted molar refractivity (Wildman–Crippen MR) is 313 cm³/mol. The Morgan fingerprint density at radius 2 is 1.33 bits per heavy atom. The molecule has 1 aliphatic heterocycles. The fourth-order valence-corrected chi connectivity index (χ4v) is 9.91. The van der Waals surface area contributed by atoms with Gasteiger partial charge in [-0.05, 0) is 100 Å². The number of anilines is 1. The van der Waals surface area contributed by atoms with Crippen LogP contribution in [0, 0.1) is 17.3 Å². The standard InChI is InChI=1S/C59H88N10O12S/c1-36(2)43(67(14)54(77)48(57(6,7)8)65-53(76)49(68(15)56(79)81-58(9,10)11)59(12,13)39-23-18-16-19-24-39)35-38(5)50(73)66-82(80)41-29-27-40(28-30-41)62-51(74)42(25-22-33-61-55(60)78)63-52(75)47(37(3)4)64-44(70)26-20-17-21-34-69-45(71)31-32-46(69)72/h16,18-19,23-24,27-32,35-37,42-43,47-49H,17,20-22,25-26,33-34H2,1-15H3,(H,62,74)(H,63,75)(H,64,70)(H,65,76)(H,66,73)(H3,60,61,78)/b38-35+/t42-,43+,47-,48+,49+,82?/m0/s1. The molecule has 22 nitrogen and oxygen atoms in total. The van der Waals surface area contributed by atoms with Crippen molar-refractivity contribution in [3.05, 3.63) is 84.0 Å². The van der Waals surface area contributed by atoms with E-state index in [0.29, 0.717) is 19.3 Å². The predicted octanol–water partition coefficient (Wildman–Crippen LogP) is 5.50. The van der Waals surface area contributed by atoms with E-state index in [0.717, 1.165) is 10.5 Å². The van der Waals surface area contributed by atoms with E-state index in [1.165, 1.54) is 60.2 Å². The number of carbonyl (C=O) groups excluding carboxylic acids is 10. The number of benzene rings is 2. The van der Waals surface area contributed by atoms with Crippen molar-refractivity contribution >= 4 is 76.1 Å². The van der Waals surface area contributed by atoms with E-state index in [1.54, 1.807) is 47.7 Å². The normalized spacial score (nSPS) is 15.1. The van der Waals surface area contributed by atoms with Gasteiger partial charge in [0.2, 0.25) is 29.5 Å². The smallest absolute Gasteiger partial charge is 0.410 e. The molecule has 3 rings (SSSR count). The number of nitrogens with zero attached hydrogens (tertiary/aromatic N) is 3. The lowest BCUT2D eigenvalue weighted by Gasteiger charge is -2.42. The van der Waals surface area contributed by atoms with Crippen LogP contribution in [0.2, 0.25) is 0 Å². The van der Waals surface area contributed by atoms with Gasteiger partial charge in [0, 0.05) is 62.4 Å². The molecule has 1 aliphatic rings. The van der Waals surface area contributed by atoms with Crippen molar-refractivity contribution in [1.82, 2.24) is 40.7 Å². The van der Waals surface area contributed by atoms with E-state index in [9.17, 15) is 52.2 Å². The second kappa shape index (κ2) is 30.6. The van der Waals surface area contributed by atoms with Gasteiger partial charge in [0.05, 0.1) is 10.9 Å². The van der Waals surface area contributed by atoms with Crippen LogP contribution < -0.4 is 37.0 Å². The number of hydrogen-bond acceptors (Lipinski definition) is 12. The van der Waals surface area contributed by atoms with Gasteiger partial charge in [0.25, 0.3) is 17.7 Å². The molecule has 6 atom stereocenters. The summed E-state index contributed by atoms with van der Waals surface area (Å²) in [6, 6.07) is 9.21. The molecule has 1 unspecified atom stereocenters. The summed E-state index contributed by atoms with van der Waals surface area (Å²) >= 11 is 0. The first kappa shape index (κ1) is 68.8. The molecule has 11 amide bonds. The molecular weight excluding hydrogens is 1070 g/mol. The lowest BCUT2D eigenvalue weighted by Crippen LogP contribution is -2.63. The van der Waals surface area contributed by atoms with Gasteiger partial charge in [-0.25, -0.2) is 13.8 Å². The fraction of sp³-hybridized carbons (Fsp3) is 0.559. The van der Waals surface area contributed by atoms with Gasteiger partial charge in [-0.2, -0.15) is 0 Å². The molecule has 1 heterocycles. The first-order valence-electron chi connectivity index (χ1n) is 27.6. The van der Waals surface area contributed by atoms with Gasteiger partial charge in [-0.15, -0.1) is 0 Å². The van der Waals surface area contributed by atoms with Crippen molar-refractivity contribution in [2.75, 3.05) is 32.5 Å². The van der Waals surface area contributed by atoms with Crippen LogP contribution in [0.25, 0.3) is 0 Å². The number of primary amides is 1. The summed E-state index contributed by atoms with van der Waals surface area (Å²) in [5, 5.41) is 13.7. The highest BCUT2D eigenvalue weighted by Crippen LogP contribution is 2.33. The third kappa shape index (κ3) is 20.8. The fourth-order valence-electron chi connectivity index (χ4n) is 9.08. The molecule has 0 radical (unpaired) electrons. The van der Waals surface area contributed by atoms with Crippen molar-refractivity contribution in [3.63, 3.8) is 0 Å². The maximum Gasteiger partial charge on any atom is 0.410 e. The Morgan fingerprint density at radius 1 is 0.732 bits per heavy atom. The molecule has 2 aromatic rings. The van der Waals surface area contributed by atoms with Crippen LogP contribution in [0.1, 0.15) is 134 Å². The maximum absolute atomic E-state index is 14.7. The number of likely N-dealkylation sites (N-methyl/N-ethyl adjacent to an activating group) is 2. The van der Waals surface area contributed by atoms with Gasteiger partial charge in [0.1, 0.15) is 29.8 Å². The molecule has 0 aliphatic carbocycles. The Bertz CT molecular complexity index is 2680. The van der Waals surface area contributed by atoms with Crippen molar-refractivity contribution < 1.29 is 56.9 Å². The van der Waals surface area contributed by atoms with Crippen LogP contribution >= 0.6 is 0 Å². The van der Waals surface area contributed by atoms with Crippen LogP contribution in [0.15, 0.2) is 83.3 Å². The lowest BCUT2D eigenvalue weighted by molar-refractivity contribution is -0.142. The van der Waals surface area contributed by atoms with Crippen LogP contribution in [0.5, 0.6) is 0 Å². The number of carbonyl (C=O) groups is 10. The number of ether oxygens (including phenoxy) is 1. The lowest BCUT2D eigenvalue weighted by atomic mass is 9.76. The second-order valence-corrected chi connectivity index (χ2v) is 25.1. The van der Waals surface area contributed by atoms with E-state index in [2.05, 4.69) is 31.3 Å². The highest BCUT2D eigenvalue weighted by Gasteiger charge is 2.46. The number of hydrogen-bond donors (Lipinski definition) is 7. The monoisotopic (exact) mass is 1160 g/mol. The maximum atomic E-state index is 14.7. The minimum atomic E-state index is -2.10. The topological polar surface area (TPSA) is 305 Å². The Balaban J connectivity index is 1.74. The zero-order valence-corrected chi connectivity index (χ0v) is 51.2. The van der Waals surface area contributed by atoms with E-state index in [1.807, 2.05) is 78.8 Å². The number of amides is 11. The quantitative estimate of drug-likeness (QED) is 0.0316. The third-order valence-electron chi connectivity index (χ3n) is 13.7. The van der Waals surface area contributed by atoms with Crippen LogP contribution in [-0.4, -0.2) is 141 Å². The molecule has 0 saturated carbocycles. The highest BCUT2D eigenvalue weighted by atomic mass is 32.2. The molecule has 0 fully saturated rings. The molecular formula is C59H88N10O12S. The number of nitrogens with one attached hydrogen (secondary N) is 6. The molecule has 8 N–H and O–H groups in total. The van der Waals surface area contributed by atoms with Crippen molar-refractivity contribution in [1.29, 1.82) is 0 Å². The molecule has 2 aromatic carbocycles. The van der Waals surface area contributed by atoms with Gasteiger partial charge in [-0.3, -0.25) is 52.9 Å². The molecule has 452 valence electrons. The molecule has 0 bridgehead atoms. The Morgan fingerprint density at radius 3 is 1.87 bits per heavy atom. The number of urea groups is 1. The summed E-state index contributed by atoms with van der Waals surface area (Å²) in [7, 11) is 0.976. The van der Waals surface area contributed by atoms with Crippen LogP contribution in [-0.2, 0) is 59.5 Å². The zero-order valence-electron chi connectivity index (χ0n) is 50.4. The third-order valence-corrected chi connectivity index (χ3v) is 14.8. The summed E-state index contributed by atoms with van der Waals surface area (Å²) in [5.74, 6) is -4.76.